The van der Waals surface area contributed by atoms with Gasteiger partial charge < -0.3 is 10.0 Å². The highest BCUT2D eigenvalue weighted by molar-refractivity contribution is 5.79. The van der Waals surface area contributed by atoms with Crippen LogP contribution in [0.3, 0.4) is 0 Å². The van der Waals surface area contributed by atoms with E-state index in [4.69, 9.17) is 0 Å². The van der Waals surface area contributed by atoms with Gasteiger partial charge in [0.2, 0.25) is 5.91 Å². The lowest BCUT2D eigenvalue weighted by Gasteiger charge is -2.25. The summed E-state index contributed by atoms with van der Waals surface area (Å²) in [6.07, 6.45) is 0.276. The molecule has 0 unspecified atom stereocenters. The van der Waals surface area contributed by atoms with E-state index in [9.17, 15) is 19.5 Å². The SMILES string of the molecule is Cc1ccccc1[C@]1(O)CCN(C(=O)Cc2cc(=O)[nH][nH]c2=O)C1. The number of hydrogen-bond acceptors (Lipinski definition) is 4. The average Bonchev–Trinajstić information content (AvgIpc) is 2.95. The first kappa shape index (κ1) is 16.2. The van der Waals surface area contributed by atoms with Crippen molar-refractivity contribution in [3.63, 3.8) is 0 Å². The molecular formula is C17H19N3O4. The highest BCUT2D eigenvalue weighted by Gasteiger charge is 2.40. The summed E-state index contributed by atoms with van der Waals surface area (Å²) in [5.41, 5.74) is -0.127. The number of aliphatic hydroxyl groups is 1. The van der Waals surface area contributed by atoms with E-state index in [1.54, 1.807) is 0 Å². The molecule has 0 saturated carbocycles. The summed E-state index contributed by atoms with van der Waals surface area (Å²) >= 11 is 0. The van der Waals surface area contributed by atoms with E-state index in [1.165, 1.54) is 4.90 Å². The van der Waals surface area contributed by atoms with E-state index >= 15 is 0 Å². The molecule has 7 nitrogen and oxygen atoms in total. The van der Waals surface area contributed by atoms with Gasteiger partial charge in [-0.05, 0) is 24.5 Å². The Bertz CT molecular complexity index is 886. The molecule has 1 fully saturated rings. The van der Waals surface area contributed by atoms with Gasteiger partial charge in [0.1, 0.15) is 5.60 Å². The minimum Gasteiger partial charge on any atom is -0.383 e. The Balaban J connectivity index is 1.77. The quantitative estimate of drug-likeness (QED) is 0.739. The van der Waals surface area contributed by atoms with E-state index < -0.39 is 16.7 Å². The van der Waals surface area contributed by atoms with Crippen LogP contribution in [0.1, 0.15) is 23.1 Å². The Labute approximate surface area is 137 Å². The zero-order valence-corrected chi connectivity index (χ0v) is 13.3. The van der Waals surface area contributed by atoms with Gasteiger partial charge >= 0.3 is 0 Å². The molecule has 1 aromatic carbocycles. The first-order valence-electron chi connectivity index (χ1n) is 7.76. The van der Waals surface area contributed by atoms with Crippen LogP contribution < -0.4 is 11.1 Å². The first-order chi connectivity index (χ1) is 11.4. The van der Waals surface area contributed by atoms with Crippen molar-refractivity contribution < 1.29 is 9.90 Å². The number of H-pyrrole nitrogens is 2. The van der Waals surface area contributed by atoms with E-state index in [0.29, 0.717) is 13.0 Å². The maximum Gasteiger partial charge on any atom is 0.266 e. The predicted molar refractivity (Wildman–Crippen MR) is 87.7 cm³/mol. The molecule has 3 N–H and O–H groups in total. The highest BCUT2D eigenvalue weighted by atomic mass is 16.3. The number of benzene rings is 1. The smallest absolute Gasteiger partial charge is 0.266 e. The second-order valence-electron chi connectivity index (χ2n) is 6.20. The Morgan fingerprint density at radius 2 is 2.04 bits per heavy atom. The molecule has 1 aliphatic heterocycles. The number of carbonyl (C=O) groups is 1. The lowest BCUT2D eigenvalue weighted by Crippen LogP contribution is -2.36. The Morgan fingerprint density at radius 3 is 2.79 bits per heavy atom. The van der Waals surface area contributed by atoms with Crippen molar-refractivity contribution in [3.8, 4) is 0 Å². The van der Waals surface area contributed by atoms with E-state index in [2.05, 4.69) is 10.2 Å². The average molecular weight is 329 g/mol. The molecule has 1 amide bonds. The molecule has 7 heteroatoms. The van der Waals surface area contributed by atoms with Crippen LogP contribution in [0.4, 0.5) is 0 Å². The first-order valence-corrected chi connectivity index (χ1v) is 7.76. The second-order valence-corrected chi connectivity index (χ2v) is 6.20. The van der Waals surface area contributed by atoms with Crippen molar-refractivity contribution in [2.45, 2.75) is 25.4 Å². The van der Waals surface area contributed by atoms with Crippen LogP contribution in [0.5, 0.6) is 0 Å². The molecule has 0 bridgehead atoms. The third kappa shape index (κ3) is 3.03. The third-order valence-electron chi connectivity index (χ3n) is 4.48. The van der Waals surface area contributed by atoms with Gasteiger partial charge in [0.05, 0.1) is 13.0 Å². The van der Waals surface area contributed by atoms with Crippen LogP contribution >= 0.6 is 0 Å². The minimum atomic E-state index is -1.08. The largest absolute Gasteiger partial charge is 0.383 e. The van der Waals surface area contributed by atoms with Gasteiger partial charge in [-0.2, -0.15) is 0 Å². The summed E-state index contributed by atoms with van der Waals surface area (Å²) in [6.45, 7) is 2.51. The molecule has 126 valence electrons. The molecular weight excluding hydrogens is 310 g/mol. The second kappa shape index (κ2) is 6.09. The van der Waals surface area contributed by atoms with E-state index in [0.717, 1.165) is 17.2 Å². The zero-order valence-electron chi connectivity index (χ0n) is 13.3. The predicted octanol–water partition coefficient (Wildman–Crippen LogP) is 0.0342. The monoisotopic (exact) mass is 329 g/mol. The van der Waals surface area contributed by atoms with Crippen molar-refractivity contribution in [2.24, 2.45) is 0 Å². The topological polar surface area (TPSA) is 106 Å². The third-order valence-corrected chi connectivity index (χ3v) is 4.48. The number of carbonyl (C=O) groups excluding carboxylic acids is 1. The van der Waals surface area contributed by atoms with Gasteiger partial charge in [0.25, 0.3) is 11.1 Å². The van der Waals surface area contributed by atoms with Gasteiger partial charge in [-0.25, -0.2) is 0 Å². The number of nitrogens with zero attached hydrogens (tertiary/aromatic N) is 1. The Hall–Kier alpha value is -2.67. The molecule has 0 aliphatic carbocycles. The number of likely N-dealkylation sites (tertiary alicyclic amines) is 1. The maximum atomic E-state index is 12.4. The fraction of sp³-hybridized carbons (Fsp3) is 0.353. The summed E-state index contributed by atoms with van der Waals surface area (Å²) < 4.78 is 0. The number of aryl methyl sites for hydroxylation is 1. The molecule has 0 radical (unpaired) electrons. The van der Waals surface area contributed by atoms with Gasteiger partial charge in [0, 0.05) is 18.2 Å². The number of β-amino-alcohol motifs (C(OH)–C–C–N with tert-alkyl or cyclic N) is 1. The zero-order chi connectivity index (χ0) is 17.3. The number of rotatable bonds is 3. The molecule has 1 aliphatic rings. The Morgan fingerprint density at radius 1 is 1.29 bits per heavy atom. The van der Waals surface area contributed by atoms with Gasteiger partial charge in [-0.15, -0.1) is 0 Å². The number of amides is 1. The lowest BCUT2D eigenvalue weighted by atomic mass is 9.89. The summed E-state index contributed by atoms with van der Waals surface area (Å²) in [5.74, 6) is -0.282. The van der Waals surface area contributed by atoms with E-state index in [-0.39, 0.29) is 24.4 Å². The van der Waals surface area contributed by atoms with Crippen LogP contribution in [0.25, 0.3) is 0 Å². The van der Waals surface area contributed by atoms with Crippen LogP contribution in [0.2, 0.25) is 0 Å². The lowest BCUT2D eigenvalue weighted by molar-refractivity contribution is -0.130. The number of hydrogen-bond donors (Lipinski definition) is 3. The summed E-state index contributed by atoms with van der Waals surface area (Å²) in [7, 11) is 0. The van der Waals surface area contributed by atoms with Crippen LogP contribution in [-0.2, 0) is 16.8 Å². The highest BCUT2D eigenvalue weighted by Crippen LogP contribution is 2.33. The van der Waals surface area contributed by atoms with Gasteiger partial charge in [-0.1, -0.05) is 24.3 Å². The molecule has 2 aromatic rings. The van der Waals surface area contributed by atoms with Gasteiger partial charge in [0.15, 0.2) is 0 Å². The summed E-state index contributed by atoms with van der Waals surface area (Å²) in [4.78, 5) is 36.9. The summed E-state index contributed by atoms with van der Waals surface area (Å²) in [5, 5.41) is 15.3. The van der Waals surface area contributed by atoms with Crippen molar-refractivity contribution in [1.82, 2.24) is 15.1 Å². The van der Waals surface area contributed by atoms with Crippen LogP contribution in [0.15, 0.2) is 39.9 Å². The van der Waals surface area contributed by atoms with Crippen LogP contribution in [0, 0.1) is 6.92 Å². The molecule has 3 rings (SSSR count). The number of aromatic nitrogens is 2. The maximum absolute atomic E-state index is 12.4. The van der Waals surface area contributed by atoms with Crippen molar-refractivity contribution in [2.75, 3.05) is 13.1 Å². The molecule has 0 spiro atoms. The van der Waals surface area contributed by atoms with Crippen LogP contribution in [-0.4, -0.2) is 39.2 Å². The molecule has 1 saturated heterocycles. The molecule has 24 heavy (non-hydrogen) atoms. The molecule has 1 aromatic heterocycles. The van der Waals surface area contributed by atoms with Gasteiger partial charge in [-0.3, -0.25) is 24.6 Å². The van der Waals surface area contributed by atoms with E-state index in [1.807, 2.05) is 31.2 Å². The normalized spacial score (nSPS) is 20.3. The fourth-order valence-electron chi connectivity index (χ4n) is 3.19. The van der Waals surface area contributed by atoms with Crippen molar-refractivity contribution >= 4 is 5.91 Å². The minimum absolute atomic E-state index is 0.120. The number of aromatic amines is 2. The Kier molecular flexibility index (Phi) is 4.11. The van der Waals surface area contributed by atoms with Crippen molar-refractivity contribution in [3.05, 3.63) is 67.7 Å². The summed E-state index contributed by atoms with van der Waals surface area (Å²) in [6, 6.07) is 8.68. The number of nitrogens with one attached hydrogen (secondary N) is 2. The standard InChI is InChI=1S/C17H19N3O4/c1-11-4-2-3-5-13(11)17(24)6-7-20(10-17)15(22)9-12-8-14(21)18-19-16(12)23/h2-5,8,24H,6-7,9-10H2,1H3,(H,18,21)(H,19,23)/t17-/m0/s1. The fourth-order valence-corrected chi connectivity index (χ4v) is 3.19. The molecule has 2 heterocycles. The van der Waals surface area contributed by atoms with Crippen molar-refractivity contribution in [1.29, 1.82) is 0 Å². The molecule has 1 atom stereocenters.